The van der Waals surface area contributed by atoms with Gasteiger partial charge in [-0.3, -0.25) is 4.79 Å². The van der Waals surface area contributed by atoms with E-state index in [1.807, 2.05) is 0 Å². The summed E-state index contributed by atoms with van der Waals surface area (Å²) in [5, 5.41) is 13.4. The molecule has 206 valence electrons. The molecule has 4 heterocycles. The third-order valence-electron chi connectivity index (χ3n) is 6.20. The van der Waals surface area contributed by atoms with Gasteiger partial charge in [-0.25, -0.2) is 27.7 Å². The summed E-state index contributed by atoms with van der Waals surface area (Å²) in [5.41, 5.74) is 2.76. The summed E-state index contributed by atoms with van der Waals surface area (Å²) in [7, 11) is 0. The molecule has 1 aliphatic heterocycles. The largest absolute Gasteiger partial charge is 0.416 e. The number of urea groups is 1. The minimum absolute atomic E-state index is 0.0840. The summed E-state index contributed by atoms with van der Waals surface area (Å²) < 4.78 is 79.0. The second-order valence-corrected chi connectivity index (χ2v) is 9.31. The van der Waals surface area contributed by atoms with E-state index in [-0.39, 0.29) is 17.0 Å². The molecule has 0 bridgehead atoms. The highest BCUT2D eigenvalue weighted by Crippen LogP contribution is 2.35. The predicted molar refractivity (Wildman–Crippen MR) is 117 cm³/mol. The van der Waals surface area contributed by atoms with Gasteiger partial charge in [-0.05, 0) is 37.6 Å². The number of carbonyl (C=O) groups is 2. The Morgan fingerprint density at radius 2 is 2.03 bits per heavy atom. The highest BCUT2D eigenvalue weighted by atomic mass is 19.4. The Morgan fingerprint density at radius 1 is 1.32 bits per heavy atom. The fourth-order valence-corrected chi connectivity index (χ4v) is 3.76. The molecule has 0 spiro atoms. The van der Waals surface area contributed by atoms with Crippen LogP contribution in [-0.2, 0) is 4.74 Å². The van der Waals surface area contributed by atoms with E-state index in [2.05, 4.69) is 30.3 Å². The van der Waals surface area contributed by atoms with E-state index in [4.69, 9.17) is 10.5 Å². The number of nitrogens with one attached hydrogen (secondary N) is 1. The molecule has 0 saturated carbocycles. The van der Waals surface area contributed by atoms with Crippen LogP contribution < -0.4 is 11.1 Å². The maximum atomic E-state index is 13.9. The number of primary amides is 1. The smallest absolute Gasteiger partial charge is 0.365 e. The number of fused-ring (bicyclic) bond motifs is 1. The molecule has 3 aromatic heterocycles. The summed E-state index contributed by atoms with van der Waals surface area (Å²) in [6.07, 6.45) is -2.01. The zero-order chi connectivity index (χ0) is 28.0. The monoisotopic (exact) mass is 546 g/mol. The molecule has 3 aromatic rings. The minimum atomic E-state index is -4.71. The molecular formula is C21H23F5N8O4. The quantitative estimate of drug-likeness (QED) is 0.409. The molecule has 4 rings (SSSR count). The van der Waals surface area contributed by atoms with Crippen molar-refractivity contribution in [3.05, 3.63) is 41.1 Å². The predicted octanol–water partition coefficient (Wildman–Crippen LogP) is 2.42. The van der Waals surface area contributed by atoms with Crippen LogP contribution in [-0.4, -0.2) is 79.1 Å². The van der Waals surface area contributed by atoms with Crippen molar-refractivity contribution in [1.29, 1.82) is 0 Å². The van der Waals surface area contributed by atoms with Crippen molar-refractivity contribution in [2.75, 3.05) is 19.7 Å². The van der Waals surface area contributed by atoms with E-state index in [9.17, 15) is 31.5 Å². The summed E-state index contributed by atoms with van der Waals surface area (Å²) in [6.45, 7) is 0.993. The van der Waals surface area contributed by atoms with Crippen molar-refractivity contribution in [3.8, 4) is 0 Å². The Balaban J connectivity index is 1.69. The fraction of sp³-hybridized carbons (Fsp3) is 0.524. The number of hydrogen-bond donors (Lipinski definition) is 2. The molecule has 2 atom stereocenters. The second kappa shape index (κ2) is 9.45. The highest BCUT2D eigenvalue weighted by Gasteiger charge is 2.49. The van der Waals surface area contributed by atoms with Gasteiger partial charge in [0.1, 0.15) is 5.69 Å². The van der Waals surface area contributed by atoms with Gasteiger partial charge >= 0.3 is 12.2 Å². The standard InChI is InChI=1S/C21H23F5N8O4/c1-10(33-9-20(22,23)8-28-18(33)36)11-4-14-30-13(6-34(14)29-5-11)12(7-37-19(2,3)21(24,25)26)15-16(17(27)35)32-38-31-15/h4-6,10,12H,7-9H2,1-3H3,(H2,27,35)(H,28,36)/t10-,12-/m1/s1. The first kappa shape index (κ1) is 27.2. The molecule has 12 nitrogen and oxygen atoms in total. The van der Waals surface area contributed by atoms with Crippen LogP contribution in [0.2, 0.25) is 0 Å². The molecular weight excluding hydrogens is 523 g/mol. The number of aromatic nitrogens is 5. The van der Waals surface area contributed by atoms with Crippen molar-refractivity contribution in [2.45, 2.75) is 50.4 Å². The van der Waals surface area contributed by atoms with Gasteiger partial charge in [-0.2, -0.15) is 18.3 Å². The normalized spacial score (nSPS) is 17.9. The Kier molecular flexibility index (Phi) is 6.75. The number of alkyl halides is 5. The molecule has 1 fully saturated rings. The number of nitrogens with two attached hydrogens (primary N) is 1. The zero-order valence-electron chi connectivity index (χ0n) is 20.3. The number of hydrogen-bond acceptors (Lipinski definition) is 8. The maximum absolute atomic E-state index is 13.9. The van der Waals surface area contributed by atoms with Crippen LogP contribution >= 0.6 is 0 Å². The SMILES string of the molecule is C[C@H](c1cnn2cc([C@@H](COC(C)(C)C(F)(F)F)c3nonc3C(N)=O)nc2c1)N1CC(F)(F)CNC1=O. The lowest BCUT2D eigenvalue weighted by atomic mass is 10.00. The lowest BCUT2D eigenvalue weighted by Gasteiger charge is -2.36. The van der Waals surface area contributed by atoms with E-state index >= 15 is 0 Å². The number of carbonyl (C=O) groups excluding carboxylic acids is 2. The molecule has 0 radical (unpaired) electrons. The van der Waals surface area contributed by atoms with Crippen molar-refractivity contribution in [3.63, 3.8) is 0 Å². The van der Waals surface area contributed by atoms with Gasteiger partial charge < -0.3 is 20.7 Å². The van der Waals surface area contributed by atoms with Gasteiger partial charge in [0, 0.05) is 0 Å². The number of rotatable bonds is 8. The van der Waals surface area contributed by atoms with Crippen molar-refractivity contribution < 1.29 is 40.9 Å². The molecule has 1 aliphatic rings. The van der Waals surface area contributed by atoms with Gasteiger partial charge in [0.25, 0.3) is 11.8 Å². The Labute approximate surface area is 211 Å². The Hall–Kier alpha value is -3.89. The second-order valence-electron chi connectivity index (χ2n) is 9.31. The zero-order valence-corrected chi connectivity index (χ0v) is 20.3. The van der Waals surface area contributed by atoms with Crippen LogP contribution in [0.1, 0.15) is 60.2 Å². The van der Waals surface area contributed by atoms with E-state index in [1.54, 1.807) is 0 Å². The van der Waals surface area contributed by atoms with E-state index in [0.717, 1.165) is 18.7 Å². The van der Waals surface area contributed by atoms with Gasteiger partial charge in [0.2, 0.25) is 0 Å². The number of ether oxygens (including phenoxy) is 1. The van der Waals surface area contributed by atoms with E-state index in [1.165, 1.54) is 29.9 Å². The Bertz CT molecular complexity index is 1350. The first-order valence-corrected chi connectivity index (χ1v) is 11.2. The lowest BCUT2D eigenvalue weighted by Crippen LogP contribution is -2.57. The van der Waals surface area contributed by atoms with Crippen molar-refractivity contribution in [2.24, 2.45) is 5.73 Å². The van der Waals surface area contributed by atoms with Gasteiger partial charge in [0.05, 0.1) is 49.7 Å². The molecule has 1 saturated heterocycles. The van der Waals surface area contributed by atoms with Crippen LogP contribution in [0.5, 0.6) is 0 Å². The number of amides is 3. The van der Waals surface area contributed by atoms with Gasteiger partial charge in [-0.1, -0.05) is 5.16 Å². The van der Waals surface area contributed by atoms with Crippen LogP contribution in [0.25, 0.3) is 5.65 Å². The lowest BCUT2D eigenvalue weighted by molar-refractivity contribution is -0.264. The molecule has 0 aromatic carbocycles. The topological polar surface area (TPSA) is 154 Å². The third-order valence-corrected chi connectivity index (χ3v) is 6.20. The van der Waals surface area contributed by atoms with Crippen molar-refractivity contribution in [1.82, 2.24) is 35.1 Å². The number of imidazole rings is 1. The minimum Gasteiger partial charge on any atom is -0.365 e. The average Bonchev–Trinajstić information content (AvgIpc) is 3.46. The third kappa shape index (κ3) is 5.23. The summed E-state index contributed by atoms with van der Waals surface area (Å²) in [4.78, 5) is 29.3. The summed E-state index contributed by atoms with van der Waals surface area (Å²) >= 11 is 0. The Morgan fingerprint density at radius 3 is 2.68 bits per heavy atom. The van der Waals surface area contributed by atoms with Crippen LogP contribution in [0, 0.1) is 0 Å². The summed E-state index contributed by atoms with van der Waals surface area (Å²) in [5.74, 6) is -5.34. The van der Waals surface area contributed by atoms with Crippen LogP contribution in [0.3, 0.4) is 0 Å². The van der Waals surface area contributed by atoms with Crippen molar-refractivity contribution >= 4 is 17.6 Å². The first-order chi connectivity index (χ1) is 17.6. The van der Waals surface area contributed by atoms with Gasteiger partial charge in [0.15, 0.2) is 16.9 Å². The van der Waals surface area contributed by atoms with E-state index in [0.29, 0.717) is 5.56 Å². The summed E-state index contributed by atoms with van der Waals surface area (Å²) in [6, 6.07) is -0.00415. The fourth-order valence-electron chi connectivity index (χ4n) is 3.76. The molecule has 0 aliphatic carbocycles. The molecule has 38 heavy (non-hydrogen) atoms. The molecule has 3 N–H and O–H groups in total. The maximum Gasteiger partial charge on any atom is 0.416 e. The number of halogens is 5. The van der Waals surface area contributed by atoms with Gasteiger partial charge in [-0.15, -0.1) is 0 Å². The van der Waals surface area contributed by atoms with Crippen LogP contribution in [0.4, 0.5) is 26.7 Å². The molecule has 0 unspecified atom stereocenters. The molecule has 3 amide bonds. The number of nitrogens with zero attached hydrogens (tertiary/aromatic N) is 6. The molecule has 17 heteroatoms. The van der Waals surface area contributed by atoms with E-state index < -0.39 is 67.0 Å². The first-order valence-electron chi connectivity index (χ1n) is 11.2. The average molecular weight is 546 g/mol. The van der Waals surface area contributed by atoms with Crippen LogP contribution in [0.15, 0.2) is 23.1 Å². The highest BCUT2D eigenvalue weighted by molar-refractivity contribution is 5.91.